The first-order valence-electron chi connectivity index (χ1n) is 5.03. The van der Waals surface area contributed by atoms with Crippen molar-refractivity contribution in [2.75, 3.05) is 0 Å². The monoisotopic (exact) mass is 208 g/mol. The molecule has 0 nitrogen and oxygen atoms in total. The van der Waals surface area contributed by atoms with Gasteiger partial charge in [0.15, 0.2) is 0 Å². The fourth-order valence-corrected chi connectivity index (χ4v) is 1.64. The summed E-state index contributed by atoms with van der Waals surface area (Å²) in [5.41, 5.74) is 0. The minimum absolute atomic E-state index is 0. The third kappa shape index (κ3) is 6.08. The molecule has 0 spiro atoms. The van der Waals surface area contributed by atoms with Gasteiger partial charge >= 0.3 is 17.1 Å². The van der Waals surface area contributed by atoms with Crippen LogP contribution < -0.4 is 0 Å². The molecule has 2 rings (SSSR count). The quantitative estimate of drug-likeness (QED) is 0.420. The third-order valence-corrected chi connectivity index (χ3v) is 2.50. The fraction of sp³-hybridized carbons (Fsp3) is 0.818. The molecular weight excluding hydrogens is 188 g/mol. The van der Waals surface area contributed by atoms with E-state index in [1.54, 1.807) is 0 Å². The number of hydrogen-bond acceptors (Lipinski definition) is 0. The second-order valence-electron chi connectivity index (χ2n) is 3.78. The molecule has 2 aliphatic carbocycles. The first-order valence-corrected chi connectivity index (χ1v) is 5.03. The van der Waals surface area contributed by atoms with E-state index in [9.17, 15) is 0 Å². The van der Waals surface area contributed by atoms with E-state index in [2.05, 4.69) is 19.8 Å². The van der Waals surface area contributed by atoms with Crippen LogP contribution in [0.15, 0.2) is 0 Å². The van der Waals surface area contributed by atoms with Gasteiger partial charge in [-0.1, -0.05) is 32.1 Å². The molecule has 1 heteroatoms. The van der Waals surface area contributed by atoms with Crippen LogP contribution in [-0.4, -0.2) is 0 Å². The van der Waals surface area contributed by atoms with E-state index in [0.29, 0.717) is 0 Å². The fourth-order valence-electron chi connectivity index (χ4n) is 1.64. The van der Waals surface area contributed by atoms with E-state index in [-0.39, 0.29) is 17.1 Å². The minimum Gasteiger partial charge on any atom is -0.328 e. The molecule has 0 amide bonds. The van der Waals surface area contributed by atoms with Crippen LogP contribution in [0, 0.1) is 18.8 Å². The third-order valence-electron chi connectivity index (χ3n) is 2.50. The van der Waals surface area contributed by atoms with Crippen molar-refractivity contribution < 1.29 is 17.1 Å². The Morgan fingerprint density at radius 2 is 1.67 bits per heavy atom. The van der Waals surface area contributed by atoms with Crippen LogP contribution >= 0.6 is 0 Å². The average molecular weight is 208 g/mol. The zero-order valence-corrected chi connectivity index (χ0v) is 9.14. The van der Waals surface area contributed by atoms with E-state index in [1.807, 2.05) is 0 Å². The predicted molar refractivity (Wildman–Crippen MR) is 50.1 cm³/mol. The van der Waals surface area contributed by atoms with Crippen molar-refractivity contribution in [2.24, 2.45) is 5.92 Å². The Morgan fingerprint density at radius 3 is 1.83 bits per heavy atom. The molecule has 2 saturated carbocycles. The van der Waals surface area contributed by atoms with Crippen molar-refractivity contribution >= 4 is 0 Å². The molecule has 0 aromatic carbocycles. The maximum absolute atomic E-state index is 2.38. The number of hydrogen-bond donors (Lipinski definition) is 0. The van der Waals surface area contributed by atoms with Crippen molar-refractivity contribution in [2.45, 2.75) is 51.9 Å². The van der Waals surface area contributed by atoms with Crippen LogP contribution in [-0.2, 0) is 17.1 Å². The molecule has 1 unspecified atom stereocenters. The van der Waals surface area contributed by atoms with Crippen LogP contribution in [0.5, 0.6) is 0 Å². The van der Waals surface area contributed by atoms with Gasteiger partial charge in [0.1, 0.15) is 0 Å². The topological polar surface area (TPSA) is 0 Å². The summed E-state index contributed by atoms with van der Waals surface area (Å²) in [4.78, 5) is 0. The van der Waals surface area contributed by atoms with Crippen LogP contribution in [0.4, 0.5) is 0 Å². The Bertz CT molecular complexity index is 73.4. The van der Waals surface area contributed by atoms with Crippen LogP contribution in [0.1, 0.15) is 51.9 Å². The second kappa shape index (κ2) is 8.13. The summed E-state index contributed by atoms with van der Waals surface area (Å²) in [7, 11) is 0. The van der Waals surface area contributed by atoms with E-state index < -0.39 is 0 Å². The summed E-state index contributed by atoms with van der Waals surface area (Å²) in [6.07, 6.45) is 14.5. The molecule has 0 saturated heterocycles. The van der Waals surface area contributed by atoms with Crippen LogP contribution in [0.2, 0.25) is 0 Å². The summed E-state index contributed by atoms with van der Waals surface area (Å²) in [5.74, 6) is 0.991. The van der Waals surface area contributed by atoms with Gasteiger partial charge in [-0.15, -0.1) is 0 Å². The Balaban J connectivity index is 0.000000189. The predicted octanol–water partition coefficient (Wildman–Crippen LogP) is 3.77. The molecule has 0 radical (unpaired) electrons. The molecule has 2 aliphatic rings. The van der Waals surface area contributed by atoms with Gasteiger partial charge < -0.3 is 12.8 Å². The van der Waals surface area contributed by atoms with Gasteiger partial charge in [0.2, 0.25) is 0 Å². The first kappa shape index (κ1) is 12.5. The summed E-state index contributed by atoms with van der Waals surface area (Å²) >= 11 is 0. The van der Waals surface area contributed by atoms with E-state index in [0.717, 1.165) is 5.92 Å². The van der Waals surface area contributed by atoms with Gasteiger partial charge in [-0.25, -0.2) is 0 Å². The van der Waals surface area contributed by atoms with Gasteiger partial charge in [-0.3, -0.25) is 0 Å². The molecular formula is C11H20Fe. The summed E-state index contributed by atoms with van der Waals surface area (Å²) in [6, 6.07) is 0. The molecule has 1 atom stereocenters. The van der Waals surface area contributed by atoms with Crippen molar-refractivity contribution in [3.63, 3.8) is 0 Å². The molecule has 0 aromatic rings. The molecule has 12 heavy (non-hydrogen) atoms. The van der Waals surface area contributed by atoms with Gasteiger partial charge in [-0.2, -0.15) is 25.7 Å². The molecule has 0 N–H and O–H groups in total. The van der Waals surface area contributed by atoms with Crippen molar-refractivity contribution in [3.05, 3.63) is 12.8 Å². The zero-order chi connectivity index (χ0) is 7.94. The number of rotatable bonds is 0. The zero-order valence-electron chi connectivity index (χ0n) is 8.04. The minimum atomic E-state index is 0. The summed E-state index contributed by atoms with van der Waals surface area (Å²) < 4.78 is 0. The van der Waals surface area contributed by atoms with Crippen LogP contribution in [0.25, 0.3) is 0 Å². The van der Waals surface area contributed by atoms with Crippen molar-refractivity contribution in [3.8, 4) is 0 Å². The van der Waals surface area contributed by atoms with Gasteiger partial charge in [0.05, 0.1) is 0 Å². The van der Waals surface area contributed by atoms with E-state index in [1.165, 1.54) is 44.9 Å². The normalized spacial score (nSPS) is 27.2. The Labute approximate surface area is 88.0 Å². The molecule has 2 fully saturated rings. The second-order valence-corrected chi connectivity index (χ2v) is 3.78. The van der Waals surface area contributed by atoms with Crippen molar-refractivity contribution in [1.82, 2.24) is 0 Å². The average Bonchev–Trinajstić information content (AvgIpc) is 2.57. The molecule has 0 aromatic heterocycles. The largest absolute Gasteiger partial charge is 2.00 e. The first-order chi connectivity index (χ1) is 5.39. The molecule has 0 heterocycles. The van der Waals surface area contributed by atoms with Gasteiger partial charge in [0.25, 0.3) is 0 Å². The van der Waals surface area contributed by atoms with E-state index >= 15 is 0 Å². The van der Waals surface area contributed by atoms with Crippen molar-refractivity contribution in [1.29, 1.82) is 0 Å². The Hall–Kier alpha value is 0.519. The standard InChI is InChI=1S/C6H11.C5H9.Fe/c1-6-4-2-3-5-6;1-2-4-5-3-1;/h2,6H,3-5H2,1H3;1H,2-5H2;/q2*-1;+2. The Kier molecular flexibility index (Phi) is 8.49. The molecule has 72 valence electrons. The maximum atomic E-state index is 2.38. The smallest absolute Gasteiger partial charge is 0.328 e. The van der Waals surface area contributed by atoms with Gasteiger partial charge in [0, 0.05) is 0 Å². The van der Waals surface area contributed by atoms with Crippen LogP contribution in [0.3, 0.4) is 0 Å². The molecule has 0 aliphatic heterocycles. The SMILES string of the molecule is CC1C[CH-]CC1.[CH-]1CCCC1.[Fe+2]. The summed E-state index contributed by atoms with van der Waals surface area (Å²) in [5, 5.41) is 0. The summed E-state index contributed by atoms with van der Waals surface area (Å²) in [6.45, 7) is 2.31. The maximum Gasteiger partial charge on any atom is 2.00 e. The Morgan fingerprint density at radius 1 is 1.00 bits per heavy atom. The van der Waals surface area contributed by atoms with Gasteiger partial charge in [-0.05, 0) is 0 Å². The van der Waals surface area contributed by atoms with E-state index in [4.69, 9.17) is 0 Å². The molecule has 0 bridgehead atoms.